The van der Waals surface area contributed by atoms with Crippen LogP contribution < -0.4 is 15.8 Å². The molecule has 1 aliphatic heterocycles. The highest BCUT2D eigenvalue weighted by Gasteiger charge is 2.47. The van der Waals surface area contributed by atoms with Crippen molar-refractivity contribution >= 4 is 22.7 Å². The number of hydrogen-bond donors (Lipinski definition) is 3. The van der Waals surface area contributed by atoms with Crippen LogP contribution in [0.2, 0.25) is 0 Å². The van der Waals surface area contributed by atoms with Crippen LogP contribution in [0.1, 0.15) is 46.9 Å². The van der Waals surface area contributed by atoms with Gasteiger partial charge in [-0.05, 0) is 67.4 Å². The number of nitrogens with one attached hydrogen (secondary N) is 1. The van der Waals surface area contributed by atoms with Crippen molar-refractivity contribution in [1.82, 2.24) is 15.3 Å². The molecule has 3 heterocycles. The lowest BCUT2D eigenvalue weighted by Gasteiger charge is -2.24. The smallest absolute Gasteiger partial charge is 0.398 e. The van der Waals surface area contributed by atoms with E-state index in [-0.39, 0.29) is 46.0 Å². The van der Waals surface area contributed by atoms with Crippen LogP contribution in [0.4, 0.5) is 17.6 Å². The van der Waals surface area contributed by atoms with Gasteiger partial charge in [0.1, 0.15) is 46.5 Å². The minimum Gasteiger partial charge on any atom is -0.506 e. The summed E-state index contributed by atoms with van der Waals surface area (Å²) in [6, 6.07) is 10.3. The Hall–Kier alpha value is -4.74. The number of benzene rings is 2. The van der Waals surface area contributed by atoms with E-state index in [1.165, 1.54) is 25.1 Å². The predicted molar refractivity (Wildman–Crippen MR) is 146 cm³/mol. The second-order valence-electron chi connectivity index (χ2n) is 10.3. The minimum absolute atomic E-state index is 0.0215. The van der Waals surface area contributed by atoms with Crippen molar-refractivity contribution in [2.75, 3.05) is 13.2 Å². The topological polar surface area (TPSA) is 127 Å². The Labute approximate surface area is 237 Å². The summed E-state index contributed by atoms with van der Waals surface area (Å²) >= 11 is 0. The van der Waals surface area contributed by atoms with Crippen LogP contribution in [0.15, 0.2) is 54.7 Å². The summed E-state index contributed by atoms with van der Waals surface area (Å²) in [5.41, 5.74) is 5.07. The summed E-state index contributed by atoms with van der Waals surface area (Å²) < 4.78 is 62.8. The minimum atomic E-state index is -4.87. The molecule has 42 heavy (non-hydrogen) atoms. The van der Waals surface area contributed by atoms with Crippen LogP contribution in [-0.4, -0.2) is 46.2 Å². The average Bonchev–Trinajstić information content (AvgIpc) is 3.29. The number of aromatic nitrogens is 2. The number of carbonyl (C=O) groups excluding carboxylic acids is 2. The molecule has 0 spiro atoms. The number of nitrogens with two attached hydrogens (primary N) is 1. The summed E-state index contributed by atoms with van der Waals surface area (Å²) in [4.78, 5) is 33.8. The Balaban J connectivity index is 1.53. The monoisotopic (exact) mass is 582 g/mol. The van der Waals surface area contributed by atoms with Gasteiger partial charge in [0, 0.05) is 34.8 Å². The van der Waals surface area contributed by atoms with Crippen molar-refractivity contribution in [3.63, 3.8) is 0 Å². The van der Waals surface area contributed by atoms with E-state index in [1.807, 2.05) is 6.92 Å². The molecular weight excluding hydrogens is 556 g/mol. The molecule has 2 atom stereocenters. The molecule has 0 aliphatic carbocycles. The third kappa shape index (κ3) is 5.19. The van der Waals surface area contributed by atoms with E-state index < -0.39 is 47.4 Å². The molecule has 1 unspecified atom stereocenters. The molecule has 1 aliphatic rings. The van der Waals surface area contributed by atoms with Crippen LogP contribution in [0, 0.1) is 5.82 Å². The van der Waals surface area contributed by atoms with Gasteiger partial charge in [0.25, 0.3) is 5.91 Å². The molecule has 0 bridgehead atoms. The molecular formula is C30H26F4N4O4. The Morgan fingerprint density at radius 2 is 1.88 bits per heavy atom. The SMILES string of the molecule is CCc1cnc2c(O)cc(C(=O)NCC(c3cc4c(c(-c5ccc(F)cc5)n3)OC[C@]4(C)C(N)=O)C(F)(F)F)cc2c1. The van der Waals surface area contributed by atoms with Gasteiger partial charge in [0.05, 0.1) is 5.69 Å². The number of fused-ring (bicyclic) bond motifs is 2. The van der Waals surface area contributed by atoms with E-state index in [4.69, 9.17) is 10.5 Å². The number of alkyl halides is 3. The number of rotatable bonds is 7. The van der Waals surface area contributed by atoms with E-state index in [0.29, 0.717) is 11.8 Å². The maximum absolute atomic E-state index is 14.5. The van der Waals surface area contributed by atoms with Crippen LogP contribution >= 0.6 is 0 Å². The third-order valence-corrected chi connectivity index (χ3v) is 7.46. The van der Waals surface area contributed by atoms with Gasteiger partial charge in [-0.3, -0.25) is 14.6 Å². The van der Waals surface area contributed by atoms with Crippen LogP contribution in [0.25, 0.3) is 22.2 Å². The summed E-state index contributed by atoms with van der Waals surface area (Å²) in [5, 5.41) is 13.1. The largest absolute Gasteiger partial charge is 0.506 e. The fourth-order valence-electron chi connectivity index (χ4n) is 4.87. The number of aryl methyl sites for hydroxylation is 1. The van der Waals surface area contributed by atoms with Gasteiger partial charge in [-0.1, -0.05) is 6.92 Å². The first-order valence-corrected chi connectivity index (χ1v) is 13.0. The highest BCUT2D eigenvalue weighted by molar-refractivity contribution is 6.00. The number of amides is 2. The van der Waals surface area contributed by atoms with Gasteiger partial charge in [0.15, 0.2) is 0 Å². The zero-order valence-corrected chi connectivity index (χ0v) is 22.6. The maximum atomic E-state index is 14.5. The molecule has 0 radical (unpaired) electrons. The van der Waals surface area contributed by atoms with Gasteiger partial charge < -0.3 is 20.9 Å². The maximum Gasteiger partial charge on any atom is 0.398 e. The summed E-state index contributed by atoms with van der Waals surface area (Å²) in [6.07, 6.45) is -2.63. The van der Waals surface area contributed by atoms with Crippen molar-refractivity contribution in [1.29, 1.82) is 0 Å². The highest BCUT2D eigenvalue weighted by atomic mass is 19.4. The summed E-state index contributed by atoms with van der Waals surface area (Å²) in [6.45, 7) is 2.24. The molecule has 2 aromatic carbocycles. The van der Waals surface area contributed by atoms with Crippen molar-refractivity contribution in [3.8, 4) is 22.8 Å². The van der Waals surface area contributed by atoms with Gasteiger partial charge in [-0.15, -0.1) is 0 Å². The molecule has 218 valence electrons. The number of halogens is 4. The fourth-order valence-corrected chi connectivity index (χ4v) is 4.87. The number of carbonyl (C=O) groups is 2. The van der Waals surface area contributed by atoms with E-state index in [9.17, 15) is 32.3 Å². The number of pyridine rings is 2. The van der Waals surface area contributed by atoms with Crippen molar-refractivity contribution in [3.05, 3.63) is 82.9 Å². The average molecular weight is 583 g/mol. The predicted octanol–water partition coefficient (Wildman–Crippen LogP) is 4.92. The molecule has 8 nitrogen and oxygen atoms in total. The zero-order valence-electron chi connectivity index (χ0n) is 22.6. The molecule has 12 heteroatoms. The second kappa shape index (κ2) is 10.6. The molecule has 5 rings (SSSR count). The molecule has 2 amide bonds. The number of aromatic hydroxyl groups is 1. The number of primary amides is 1. The lowest BCUT2D eigenvalue weighted by Crippen LogP contribution is -2.40. The van der Waals surface area contributed by atoms with Gasteiger partial charge >= 0.3 is 6.18 Å². The lowest BCUT2D eigenvalue weighted by molar-refractivity contribution is -0.149. The van der Waals surface area contributed by atoms with E-state index in [2.05, 4.69) is 15.3 Å². The molecule has 0 saturated carbocycles. The van der Waals surface area contributed by atoms with Crippen LogP contribution in [0.3, 0.4) is 0 Å². The molecule has 4 N–H and O–H groups in total. The Bertz CT molecular complexity index is 1710. The first-order valence-electron chi connectivity index (χ1n) is 13.0. The normalized spacial score (nSPS) is 17.0. The number of hydrogen-bond acceptors (Lipinski definition) is 6. The van der Waals surface area contributed by atoms with Gasteiger partial charge in [0.2, 0.25) is 5.91 Å². The molecule has 0 saturated heterocycles. The van der Waals surface area contributed by atoms with Crippen molar-refractivity contribution < 1.29 is 37.0 Å². The number of nitrogens with zero attached hydrogens (tertiary/aromatic N) is 2. The second-order valence-corrected chi connectivity index (χ2v) is 10.3. The summed E-state index contributed by atoms with van der Waals surface area (Å²) in [5.74, 6) is -4.74. The molecule has 0 fully saturated rings. The highest BCUT2D eigenvalue weighted by Crippen LogP contribution is 2.46. The quantitative estimate of drug-likeness (QED) is 0.266. The molecule has 2 aromatic heterocycles. The fraction of sp³-hybridized carbons (Fsp3) is 0.267. The van der Waals surface area contributed by atoms with E-state index in [1.54, 1.807) is 12.3 Å². The van der Waals surface area contributed by atoms with Gasteiger partial charge in [-0.25, -0.2) is 9.37 Å². The van der Waals surface area contributed by atoms with Gasteiger partial charge in [-0.2, -0.15) is 13.2 Å². The van der Waals surface area contributed by atoms with Crippen LogP contribution in [0.5, 0.6) is 11.5 Å². The number of phenolic OH excluding ortho intramolecular Hbond substituents is 1. The standard InChI is InChI=1S/C30H26F4N4O4/c1-3-15-8-17-9-18(10-23(39)24(17)36-12-15)27(40)37-13-21(30(32,33)34)22-11-20-26(42-14-29(20,2)28(35)41)25(38-22)16-4-6-19(31)7-5-16/h4-12,21,39H,3,13-14H2,1-2H3,(H2,35,41)(H,37,40)/t21?,29-/m0/s1. The van der Waals surface area contributed by atoms with E-state index >= 15 is 0 Å². The Morgan fingerprint density at radius 3 is 2.52 bits per heavy atom. The summed E-state index contributed by atoms with van der Waals surface area (Å²) in [7, 11) is 0. The van der Waals surface area contributed by atoms with E-state index in [0.717, 1.165) is 29.8 Å². The van der Waals surface area contributed by atoms with Crippen LogP contribution in [-0.2, 0) is 16.6 Å². The third-order valence-electron chi connectivity index (χ3n) is 7.46. The van der Waals surface area contributed by atoms with Crippen molar-refractivity contribution in [2.24, 2.45) is 5.73 Å². The zero-order chi connectivity index (χ0) is 30.4. The number of ether oxygens (including phenoxy) is 1. The molecule has 4 aromatic rings. The first kappa shape index (κ1) is 28.8. The Kier molecular flexibility index (Phi) is 7.25. The Morgan fingerprint density at radius 1 is 1.17 bits per heavy atom. The number of phenols is 1. The lowest BCUT2D eigenvalue weighted by atomic mass is 9.82. The first-order chi connectivity index (χ1) is 19.8. The van der Waals surface area contributed by atoms with Crippen molar-refractivity contribution in [2.45, 2.75) is 37.8 Å².